The summed E-state index contributed by atoms with van der Waals surface area (Å²) in [6.07, 6.45) is 1.57. The summed E-state index contributed by atoms with van der Waals surface area (Å²) in [4.78, 5) is 37.9. The van der Waals surface area contributed by atoms with Crippen LogP contribution in [0.15, 0.2) is 53.6 Å². The number of nitrogens with one attached hydrogen (secondary N) is 2. The molecule has 2 aromatic rings. The molecular weight excluding hydrogens is 483 g/mol. The van der Waals surface area contributed by atoms with Gasteiger partial charge in [-0.1, -0.05) is 30.3 Å². The molecule has 11 heteroatoms. The SMILES string of the molecule is O=C(Cc1ccc(SC(F)(F)F)cc1)NCc1ccc2c(c1)CN(C1CCC(=O)NC1=O)/C2=C/O. The van der Waals surface area contributed by atoms with Gasteiger partial charge in [-0.25, -0.2) is 0 Å². The van der Waals surface area contributed by atoms with E-state index in [2.05, 4.69) is 10.6 Å². The number of alkyl halides is 3. The van der Waals surface area contributed by atoms with Crippen LogP contribution in [0.3, 0.4) is 0 Å². The Labute approximate surface area is 203 Å². The van der Waals surface area contributed by atoms with E-state index in [1.54, 1.807) is 11.0 Å². The van der Waals surface area contributed by atoms with E-state index in [0.29, 0.717) is 24.2 Å². The number of aliphatic hydroxyl groups excluding tert-OH is 1. The number of fused-ring (bicyclic) bond motifs is 1. The number of halogens is 3. The van der Waals surface area contributed by atoms with Crippen molar-refractivity contribution in [3.63, 3.8) is 0 Å². The standard InChI is InChI=1S/C24H22F3N3O4S/c25-24(26,27)35-17-4-1-14(2-5-17)10-22(33)28-11-15-3-6-18-16(9-15)12-30(20(18)13-31)19-7-8-21(32)29-23(19)34/h1-6,9,13,19,31H,7-8,10-12H2,(H,28,33)(H,29,32,34)/b20-13+. The molecule has 1 fully saturated rings. The average molecular weight is 506 g/mol. The number of hydrogen-bond donors (Lipinski definition) is 3. The normalized spacial score (nSPS) is 19.0. The maximum absolute atomic E-state index is 12.4. The first-order valence-corrected chi connectivity index (χ1v) is 11.6. The molecule has 184 valence electrons. The van der Waals surface area contributed by atoms with Gasteiger partial charge >= 0.3 is 5.51 Å². The second kappa shape index (κ2) is 10.0. The third-order valence-corrected chi connectivity index (χ3v) is 6.55. The van der Waals surface area contributed by atoms with Gasteiger partial charge in [0, 0.05) is 30.0 Å². The molecule has 2 aliphatic heterocycles. The van der Waals surface area contributed by atoms with Gasteiger partial charge in [0.2, 0.25) is 17.7 Å². The van der Waals surface area contributed by atoms with Crippen molar-refractivity contribution in [3.8, 4) is 0 Å². The quantitative estimate of drug-likeness (QED) is 0.315. The third-order valence-electron chi connectivity index (χ3n) is 5.82. The highest BCUT2D eigenvalue weighted by molar-refractivity contribution is 8.00. The zero-order valence-electron chi connectivity index (χ0n) is 18.4. The zero-order valence-corrected chi connectivity index (χ0v) is 19.2. The summed E-state index contributed by atoms with van der Waals surface area (Å²) >= 11 is -0.204. The lowest BCUT2D eigenvalue weighted by molar-refractivity contribution is -0.136. The molecule has 1 unspecified atom stereocenters. The molecule has 4 rings (SSSR count). The van der Waals surface area contributed by atoms with Crippen LogP contribution in [0.5, 0.6) is 0 Å². The highest BCUT2D eigenvalue weighted by Gasteiger charge is 2.37. The van der Waals surface area contributed by atoms with Crippen LogP contribution >= 0.6 is 11.8 Å². The lowest BCUT2D eigenvalue weighted by Crippen LogP contribution is -2.50. The summed E-state index contributed by atoms with van der Waals surface area (Å²) in [6, 6.07) is 10.6. The first-order chi connectivity index (χ1) is 16.6. The van der Waals surface area contributed by atoms with E-state index in [4.69, 9.17) is 0 Å². The van der Waals surface area contributed by atoms with Crippen molar-refractivity contribution >= 4 is 35.2 Å². The van der Waals surface area contributed by atoms with Crippen LogP contribution in [-0.2, 0) is 33.9 Å². The Hall–Kier alpha value is -3.47. The molecule has 2 heterocycles. The van der Waals surface area contributed by atoms with E-state index in [1.807, 2.05) is 12.1 Å². The molecule has 2 aromatic carbocycles. The molecule has 1 atom stereocenters. The van der Waals surface area contributed by atoms with Crippen LogP contribution in [0.1, 0.15) is 35.1 Å². The van der Waals surface area contributed by atoms with E-state index in [-0.39, 0.29) is 47.9 Å². The summed E-state index contributed by atoms with van der Waals surface area (Å²) in [6.45, 7) is 0.614. The molecule has 3 amide bonds. The first kappa shape index (κ1) is 24.6. The Morgan fingerprint density at radius 2 is 1.89 bits per heavy atom. The van der Waals surface area contributed by atoms with Gasteiger partial charge in [-0.2, -0.15) is 13.2 Å². The molecular formula is C24H22F3N3O4S. The molecule has 0 aromatic heterocycles. The summed E-state index contributed by atoms with van der Waals surface area (Å²) in [5, 5.41) is 14.9. The largest absolute Gasteiger partial charge is 0.513 e. The van der Waals surface area contributed by atoms with Crippen molar-refractivity contribution in [1.82, 2.24) is 15.5 Å². The number of aliphatic hydroxyl groups is 1. The first-order valence-electron chi connectivity index (χ1n) is 10.8. The Bertz CT molecular complexity index is 1180. The number of piperidine rings is 1. The molecule has 35 heavy (non-hydrogen) atoms. The monoisotopic (exact) mass is 505 g/mol. The lowest BCUT2D eigenvalue weighted by atomic mass is 10.0. The maximum atomic E-state index is 12.4. The molecule has 0 aliphatic carbocycles. The summed E-state index contributed by atoms with van der Waals surface area (Å²) < 4.78 is 37.3. The summed E-state index contributed by atoms with van der Waals surface area (Å²) in [7, 11) is 0. The molecule has 0 saturated carbocycles. The van der Waals surface area contributed by atoms with Gasteiger partial charge in [0.1, 0.15) is 12.3 Å². The van der Waals surface area contributed by atoms with Gasteiger partial charge in [-0.3, -0.25) is 19.7 Å². The van der Waals surface area contributed by atoms with Crippen molar-refractivity contribution in [3.05, 3.63) is 71.0 Å². The molecule has 3 N–H and O–H groups in total. The molecule has 7 nitrogen and oxygen atoms in total. The summed E-state index contributed by atoms with van der Waals surface area (Å²) in [5.74, 6) is -0.986. The predicted molar refractivity (Wildman–Crippen MR) is 123 cm³/mol. The average Bonchev–Trinajstić information content (AvgIpc) is 3.15. The number of amides is 3. The minimum atomic E-state index is -4.36. The number of benzene rings is 2. The number of hydrogen-bond acceptors (Lipinski definition) is 6. The van der Waals surface area contributed by atoms with E-state index in [9.17, 15) is 32.7 Å². The Morgan fingerprint density at radius 3 is 2.54 bits per heavy atom. The van der Waals surface area contributed by atoms with Gasteiger partial charge in [-0.15, -0.1) is 0 Å². The maximum Gasteiger partial charge on any atom is 0.446 e. The van der Waals surface area contributed by atoms with Gasteiger partial charge in [0.25, 0.3) is 0 Å². The Balaban J connectivity index is 1.35. The number of carbonyl (C=O) groups is 3. The predicted octanol–water partition coefficient (Wildman–Crippen LogP) is 3.63. The van der Waals surface area contributed by atoms with Crippen molar-refractivity contribution in [2.75, 3.05) is 0 Å². The highest BCUT2D eigenvalue weighted by Crippen LogP contribution is 2.37. The number of thioether (sulfide) groups is 1. The number of carbonyl (C=O) groups excluding carboxylic acids is 3. The molecule has 0 spiro atoms. The minimum absolute atomic E-state index is 0.0304. The van der Waals surface area contributed by atoms with Gasteiger partial charge < -0.3 is 15.3 Å². The van der Waals surface area contributed by atoms with Crippen LogP contribution in [0.2, 0.25) is 0 Å². The zero-order chi connectivity index (χ0) is 25.2. The van der Waals surface area contributed by atoms with Crippen molar-refractivity contribution < 1.29 is 32.7 Å². The van der Waals surface area contributed by atoms with E-state index >= 15 is 0 Å². The fourth-order valence-electron chi connectivity index (χ4n) is 4.22. The van der Waals surface area contributed by atoms with Gasteiger partial charge in [0.05, 0.1) is 12.1 Å². The number of rotatable bonds is 6. The highest BCUT2D eigenvalue weighted by atomic mass is 32.2. The van der Waals surface area contributed by atoms with Crippen LogP contribution in [-0.4, -0.2) is 39.3 Å². The molecule has 0 radical (unpaired) electrons. The van der Waals surface area contributed by atoms with Crippen LogP contribution < -0.4 is 10.6 Å². The van der Waals surface area contributed by atoms with Crippen LogP contribution in [0, 0.1) is 0 Å². The summed E-state index contributed by atoms with van der Waals surface area (Å²) in [5.41, 5.74) is -0.806. The second-order valence-corrected chi connectivity index (χ2v) is 9.38. The number of nitrogens with zero attached hydrogens (tertiary/aromatic N) is 1. The fourth-order valence-corrected chi connectivity index (χ4v) is 4.76. The number of imide groups is 1. The van der Waals surface area contributed by atoms with Gasteiger partial charge in [0.15, 0.2) is 0 Å². The minimum Gasteiger partial charge on any atom is -0.513 e. The Kier molecular flexibility index (Phi) is 7.06. The van der Waals surface area contributed by atoms with Crippen LogP contribution in [0.25, 0.3) is 5.70 Å². The van der Waals surface area contributed by atoms with Crippen molar-refractivity contribution in [1.29, 1.82) is 0 Å². The van der Waals surface area contributed by atoms with E-state index in [1.165, 1.54) is 24.3 Å². The lowest BCUT2D eigenvalue weighted by Gasteiger charge is -2.31. The molecule has 0 bridgehead atoms. The molecule has 1 saturated heterocycles. The Morgan fingerprint density at radius 1 is 1.17 bits per heavy atom. The smallest absolute Gasteiger partial charge is 0.446 e. The topological polar surface area (TPSA) is 98.7 Å². The van der Waals surface area contributed by atoms with Crippen molar-refractivity contribution in [2.24, 2.45) is 0 Å². The van der Waals surface area contributed by atoms with Gasteiger partial charge in [-0.05, 0) is 47.0 Å². The van der Waals surface area contributed by atoms with Crippen molar-refractivity contribution in [2.45, 2.75) is 48.8 Å². The molecule has 2 aliphatic rings. The van der Waals surface area contributed by atoms with E-state index < -0.39 is 17.5 Å². The van der Waals surface area contributed by atoms with Crippen LogP contribution in [0.4, 0.5) is 13.2 Å². The van der Waals surface area contributed by atoms with E-state index in [0.717, 1.165) is 23.0 Å². The fraction of sp³-hybridized carbons (Fsp3) is 0.292. The third kappa shape index (κ3) is 5.97. The second-order valence-electron chi connectivity index (χ2n) is 8.25.